The number of aromatic nitrogens is 1. The van der Waals surface area contributed by atoms with Gasteiger partial charge in [-0.3, -0.25) is 24.3 Å². The largest absolute Gasteiger partial charge is 0.497 e. The number of amides is 1. The van der Waals surface area contributed by atoms with E-state index in [0.29, 0.717) is 73.4 Å². The molecule has 1 amide bonds. The summed E-state index contributed by atoms with van der Waals surface area (Å²) in [6.45, 7) is 8.22. The molecule has 11 nitrogen and oxygen atoms in total. The molecule has 228 valence electrons. The topological polar surface area (TPSA) is 129 Å². The first-order chi connectivity index (χ1) is 21.1. The Hall–Kier alpha value is -4.97. The van der Waals surface area contributed by atoms with Gasteiger partial charge in [0.1, 0.15) is 29.1 Å². The van der Waals surface area contributed by atoms with Crippen LogP contribution in [0.25, 0.3) is 17.4 Å². The predicted octanol–water partition coefficient (Wildman–Crippen LogP) is 4.60. The third-order valence-electron chi connectivity index (χ3n) is 7.70. The van der Waals surface area contributed by atoms with E-state index in [2.05, 4.69) is 0 Å². The summed E-state index contributed by atoms with van der Waals surface area (Å²) in [7, 11) is 3.09. The average molecular weight is 617 g/mol. The zero-order valence-electron chi connectivity index (χ0n) is 25.2. The van der Waals surface area contributed by atoms with Crippen LogP contribution >= 0.6 is 11.3 Å². The van der Waals surface area contributed by atoms with Gasteiger partial charge in [-0.15, -0.1) is 0 Å². The fourth-order valence-electron chi connectivity index (χ4n) is 5.42. The van der Waals surface area contributed by atoms with Gasteiger partial charge in [0.25, 0.3) is 17.2 Å². The lowest BCUT2D eigenvalue weighted by atomic mass is 9.93. The summed E-state index contributed by atoms with van der Waals surface area (Å²) in [5, 5.41) is 11.4. The lowest BCUT2D eigenvalue weighted by molar-refractivity contribution is -0.385. The Balaban J connectivity index is 1.69. The molecule has 44 heavy (non-hydrogen) atoms. The Labute approximate surface area is 257 Å². The van der Waals surface area contributed by atoms with Gasteiger partial charge in [0, 0.05) is 41.9 Å². The number of fused-ring (bicyclic) bond motifs is 1. The third kappa shape index (κ3) is 5.32. The van der Waals surface area contributed by atoms with Crippen molar-refractivity contribution in [3.63, 3.8) is 0 Å². The van der Waals surface area contributed by atoms with Gasteiger partial charge >= 0.3 is 0 Å². The van der Waals surface area contributed by atoms with Crippen LogP contribution in [-0.2, 0) is 4.79 Å². The van der Waals surface area contributed by atoms with Gasteiger partial charge in [-0.1, -0.05) is 23.5 Å². The summed E-state index contributed by atoms with van der Waals surface area (Å²) < 4.78 is 19.1. The molecule has 2 aromatic heterocycles. The molecule has 0 aliphatic carbocycles. The first-order valence-corrected chi connectivity index (χ1v) is 14.8. The molecule has 0 unspecified atom stereocenters. The van der Waals surface area contributed by atoms with E-state index in [1.807, 2.05) is 13.8 Å². The maximum Gasteiger partial charge on any atom is 0.273 e. The third-order valence-corrected chi connectivity index (χ3v) is 8.68. The second-order valence-corrected chi connectivity index (χ2v) is 11.1. The molecule has 2 aromatic carbocycles. The highest BCUT2D eigenvalue weighted by Gasteiger charge is 2.36. The number of hydrogen-bond acceptors (Lipinski definition) is 9. The zero-order chi connectivity index (χ0) is 31.7. The average Bonchev–Trinajstić information content (AvgIpc) is 3.60. The lowest BCUT2D eigenvalue weighted by Crippen LogP contribution is -2.43. The standard InChI is InChI=1S/C32H32N4O7S/c1-7-34(8-2)31(38)28-19(4)33-32-35(29(28)23-16-20(41-5)12-14-25(23)42-6)30(37)27(44-32)17-21-13-15-26(43-21)22-10-9-11-24(18(22)3)36(39)40/h9-17,29H,7-8H2,1-6H3/b27-17+/t29-/m0/s1. The number of benzene rings is 2. The number of carbonyl (C=O) groups is 1. The van der Waals surface area contributed by atoms with Crippen molar-refractivity contribution in [3.8, 4) is 22.8 Å². The van der Waals surface area contributed by atoms with E-state index in [0.717, 1.165) is 0 Å². The molecule has 1 aliphatic heterocycles. The van der Waals surface area contributed by atoms with Crippen molar-refractivity contribution < 1.29 is 23.6 Å². The SMILES string of the molecule is CCN(CC)C(=O)C1=C(C)N=c2s/c(=C/c3ccc(-c4cccc([N+](=O)[O-])c4C)o3)c(=O)n2[C@H]1c1cc(OC)ccc1OC. The molecule has 5 rings (SSSR count). The minimum atomic E-state index is -0.828. The van der Waals surface area contributed by atoms with Gasteiger partial charge in [0.05, 0.1) is 34.9 Å². The Bertz CT molecular complexity index is 1980. The van der Waals surface area contributed by atoms with Crippen molar-refractivity contribution in [2.24, 2.45) is 4.99 Å². The van der Waals surface area contributed by atoms with Crippen LogP contribution in [0.4, 0.5) is 5.69 Å². The maximum absolute atomic E-state index is 14.1. The van der Waals surface area contributed by atoms with Crippen molar-refractivity contribution in [2.45, 2.75) is 33.7 Å². The van der Waals surface area contributed by atoms with E-state index in [1.54, 1.807) is 74.4 Å². The number of hydrogen-bond donors (Lipinski definition) is 0. The molecular formula is C32H32N4O7S. The van der Waals surface area contributed by atoms with Crippen molar-refractivity contribution >= 4 is 29.0 Å². The predicted molar refractivity (Wildman–Crippen MR) is 167 cm³/mol. The molecule has 0 bridgehead atoms. The van der Waals surface area contributed by atoms with Gasteiger partial charge < -0.3 is 18.8 Å². The van der Waals surface area contributed by atoms with Crippen molar-refractivity contribution in [3.05, 3.63) is 106 Å². The van der Waals surface area contributed by atoms with Crippen LogP contribution in [-0.4, -0.2) is 47.6 Å². The molecule has 4 aromatic rings. The van der Waals surface area contributed by atoms with Crippen LogP contribution in [0, 0.1) is 17.0 Å². The van der Waals surface area contributed by atoms with Crippen LogP contribution in [0.3, 0.4) is 0 Å². The minimum Gasteiger partial charge on any atom is -0.497 e. The highest BCUT2D eigenvalue weighted by atomic mass is 32.1. The van der Waals surface area contributed by atoms with Gasteiger partial charge in [-0.25, -0.2) is 4.99 Å². The number of allylic oxidation sites excluding steroid dienone is 1. The van der Waals surface area contributed by atoms with E-state index >= 15 is 0 Å². The molecule has 3 heterocycles. The Morgan fingerprint density at radius 2 is 1.89 bits per heavy atom. The number of furan rings is 1. The number of nitro groups is 1. The number of nitro benzene ring substituents is 1. The van der Waals surface area contributed by atoms with Crippen molar-refractivity contribution in [1.82, 2.24) is 9.47 Å². The lowest BCUT2D eigenvalue weighted by Gasteiger charge is -2.30. The molecule has 1 aliphatic rings. The number of likely N-dealkylation sites (N-methyl/N-ethyl adjacent to an activating group) is 1. The zero-order valence-corrected chi connectivity index (χ0v) is 26.1. The van der Waals surface area contributed by atoms with Gasteiger partial charge in [0.15, 0.2) is 4.80 Å². The Kier molecular flexibility index (Phi) is 8.54. The monoisotopic (exact) mass is 616 g/mol. The number of ether oxygens (including phenoxy) is 2. The maximum atomic E-state index is 14.1. The second kappa shape index (κ2) is 12.3. The fraction of sp³-hybridized carbons (Fsp3) is 0.281. The summed E-state index contributed by atoms with van der Waals surface area (Å²) in [6, 6.07) is 12.7. The van der Waals surface area contributed by atoms with Crippen LogP contribution in [0.2, 0.25) is 0 Å². The summed E-state index contributed by atoms with van der Waals surface area (Å²) in [6.07, 6.45) is 1.62. The molecule has 12 heteroatoms. The summed E-state index contributed by atoms with van der Waals surface area (Å²) in [5.74, 6) is 1.65. The van der Waals surface area contributed by atoms with Crippen molar-refractivity contribution in [1.29, 1.82) is 0 Å². The molecule has 0 N–H and O–H groups in total. The Morgan fingerprint density at radius 1 is 1.14 bits per heavy atom. The fourth-order valence-corrected chi connectivity index (χ4v) is 6.44. The highest BCUT2D eigenvalue weighted by molar-refractivity contribution is 7.07. The molecule has 0 radical (unpaired) electrons. The van der Waals surface area contributed by atoms with Crippen molar-refractivity contribution in [2.75, 3.05) is 27.3 Å². The van der Waals surface area contributed by atoms with Crippen LogP contribution in [0.1, 0.15) is 43.7 Å². The summed E-state index contributed by atoms with van der Waals surface area (Å²) in [4.78, 5) is 45.9. The molecule has 1 atom stereocenters. The minimum absolute atomic E-state index is 0.00726. The number of carbonyl (C=O) groups excluding carboxylic acids is 1. The van der Waals surface area contributed by atoms with E-state index < -0.39 is 11.0 Å². The van der Waals surface area contributed by atoms with Crippen LogP contribution in [0.5, 0.6) is 11.5 Å². The molecule has 0 fully saturated rings. The molecule has 0 saturated carbocycles. The van der Waals surface area contributed by atoms with Gasteiger partial charge in [-0.2, -0.15) is 0 Å². The normalized spacial score (nSPS) is 14.7. The molecular weight excluding hydrogens is 584 g/mol. The smallest absolute Gasteiger partial charge is 0.273 e. The van der Waals surface area contributed by atoms with E-state index in [1.165, 1.54) is 29.1 Å². The van der Waals surface area contributed by atoms with E-state index in [9.17, 15) is 19.7 Å². The number of thiazole rings is 1. The van der Waals surface area contributed by atoms with Gasteiger partial charge in [-0.05, 0) is 58.0 Å². The number of nitrogens with zero attached hydrogens (tertiary/aromatic N) is 4. The Morgan fingerprint density at radius 3 is 2.55 bits per heavy atom. The number of methoxy groups -OCH3 is 2. The van der Waals surface area contributed by atoms with E-state index in [4.69, 9.17) is 18.9 Å². The highest BCUT2D eigenvalue weighted by Crippen LogP contribution is 2.38. The van der Waals surface area contributed by atoms with Crippen LogP contribution < -0.4 is 24.4 Å². The number of rotatable bonds is 9. The van der Waals surface area contributed by atoms with Crippen LogP contribution in [0.15, 0.2) is 74.0 Å². The molecule has 0 saturated heterocycles. The van der Waals surface area contributed by atoms with Gasteiger partial charge in [0.2, 0.25) is 0 Å². The summed E-state index contributed by atoms with van der Waals surface area (Å²) >= 11 is 1.18. The molecule has 0 spiro atoms. The summed E-state index contributed by atoms with van der Waals surface area (Å²) in [5.41, 5.74) is 2.17. The second-order valence-electron chi connectivity index (χ2n) is 10.1. The first kappa shape index (κ1) is 30.5. The quantitative estimate of drug-likeness (QED) is 0.199. The van der Waals surface area contributed by atoms with E-state index in [-0.39, 0.29) is 17.2 Å². The first-order valence-electron chi connectivity index (χ1n) is 14.0.